The Morgan fingerprint density at radius 1 is 0.872 bits per heavy atom. The molecule has 3 aromatic rings. The molecule has 1 aliphatic rings. The number of fused-ring (bicyclic) bond motifs is 1. The summed E-state index contributed by atoms with van der Waals surface area (Å²) in [5.41, 5.74) is 3.57. The summed E-state index contributed by atoms with van der Waals surface area (Å²) in [5.74, 6) is 2.65. The smallest absolute Gasteiger partial charge is 0.311 e. The van der Waals surface area contributed by atoms with Gasteiger partial charge in [-0.2, -0.15) is 0 Å². The molecule has 11 nitrogen and oxygen atoms in total. The zero-order valence-corrected chi connectivity index (χ0v) is 28.7. The molecule has 0 aromatic heterocycles. The highest BCUT2D eigenvalue weighted by atomic mass is 32.2. The average Bonchev–Trinajstić information content (AvgIpc) is 3.08. The van der Waals surface area contributed by atoms with Crippen LogP contribution >= 0.6 is 0 Å². The Bertz CT molecular complexity index is 1550. The molecule has 0 spiro atoms. The fraction of sp³-hybridized carbons (Fsp3) is 0.457. The topological polar surface area (TPSA) is 141 Å². The second-order valence-electron chi connectivity index (χ2n) is 11.5. The number of aliphatic hydroxyl groups is 1. The largest absolute Gasteiger partial charge is 0.744 e. The molecular formula is C35H47NO10S. The Hall–Kier alpha value is -3.84. The maximum Gasteiger partial charge on any atom is 0.311 e. The van der Waals surface area contributed by atoms with Crippen LogP contribution in [-0.4, -0.2) is 90.3 Å². The Morgan fingerprint density at radius 2 is 1.51 bits per heavy atom. The van der Waals surface area contributed by atoms with Gasteiger partial charge in [-0.15, -0.1) is 0 Å². The van der Waals surface area contributed by atoms with E-state index in [1.165, 1.54) is 35.4 Å². The first-order chi connectivity index (χ1) is 22.5. The number of carbonyl (C=O) groups excluding carboxylic acids is 1. The minimum absolute atomic E-state index is 0.0963. The molecule has 0 fully saturated rings. The molecule has 12 heteroatoms. The summed E-state index contributed by atoms with van der Waals surface area (Å²) in [6, 6.07) is 17.5. The van der Waals surface area contributed by atoms with E-state index in [4.69, 9.17) is 28.8 Å². The SMILES string of the molecule is COc1ccc(C[C@@H]2c3cc(OC)c(OC)cc3CC[N@@+]2(C)CCC(=O)OCCCCCO)cc1OC.O=S(=O)([O-])c1ccccc1. The Morgan fingerprint density at radius 3 is 2.11 bits per heavy atom. The van der Waals surface area contributed by atoms with E-state index in [2.05, 4.69) is 25.2 Å². The Balaban J connectivity index is 0.000000511. The molecule has 1 aliphatic heterocycles. The second-order valence-corrected chi connectivity index (χ2v) is 12.9. The first-order valence-electron chi connectivity index (χ1n) is 15.6. The van der Waals surface area contributed by atoms with Crippen LogP contribution < -0.4 is 18.9 Å². The molecule has 2 atom stereocenters. The van der Waals surface area contributed by atoms with Crippen LogP contribution in [0.25, 0.3) is 0 Å². The molecule has 0 saturated heterocycles. The molecule has 4 rings (SSSR count). The standard InChI is InChI=1S/C29H42NO7.C6H6O3S/c1-30(14-12-29(32)37-16-8-6-7-15-31)13-11-22-19-27(35-4)28(36-5)20-23(22)24(30)17-21-9-10-25(33-2)26(18-21)34-3;7-10(8,9)6-4-2-1-3-5-6/h9-10,18-20,24,31H,6-8,11-17H2,1-5H3;1-5H,(H,7,8,9)/q+1;/p-1/t24-,30+;/m1./s1. The fourth-order valence-corrected chi connectivity index (χ4v) is 6.23. The van der Waals surface area contributed by atoms with Gasteiger partial charge in [0.05, 0.1) is 66.5 Å². The van der Waals surface area contributed by atoms with E-state index < -0.39 is 10.1 Å². The van der Waals surface area contributed by atoms with Crippen LogP contribution in [-0.2, 0) is 32.5 Å². The van der Waals surface area contributed by atoms with Gasteiger partial charge in [0.15, 0.2) is 23.0 Å². The van der Waals surface area contributed by atoms with Gasteiger partial charge in [-0.25, -0.2) is 8.42 Å². The monoisotopic (exact) mass is 673 g/mol. The van der Waals surface area contributed by atoms with Crippen molar-refractivity contribution in [1.82, 2.24) is 0 Å². The van der Waals surface area contributed by atoms with Crippen LogP contribution in [0.2, 0.25) is 0 Å². The number of likely N-dealkylation sites (N-methyl/N-ethyl adjacent to an activating group) is 1. The molecule has 0 aliphatic carbocycles. The van der Waals surface area contributed by atoms with Crippen molar-refractivity contribution < 1.29 is 51.0 Å². The lowest BCUT2D eigenvalue weighted by Crippen LogP contribution is -2.53. The van der Waals surface area contributed by atoms with Crippen molar-refractivity contribution in [2.24, 2.45) is 0 Å². The maximum absolute atomic E-state index is 12.6. The van der Waals surface area contributed by atoms with Gasteiger partial charge in [-0.1, -0.05) is 24.3 Å². The van der Waals surface area contributed by atoms with Gasteiger partial charge in [0, 0.05) is 25.0 Å². The van der Waals surface area contributed by atoms with E-state index in [0.29, 0.717) is 41.3 Å². The molecule has 47 heavy (non-hydrogen) atoms. The number of aliphatic hydroxyl groups excluding tert-OH is 1. The second kappa shape index (κ2) is 17.9. The van der Waals surface area contributed by atoms with E-state index in [0.717, 1.165) is 50.0 Å². The van der Waals surface area contributed by atoms with Crippen LogP contribution in [0.3, 0.4) is 0 Å². The van der Waals surface area contributed by atoms with Crippen molar-refractivity contribution in [2.45, 2.75) is 49.5 Å². The zero-order valence-electron chi connectivity index (χ0n) is 27.9. The lowest BCUT2D eigenvalue weighted by molar-refractivity contribution is -0.940. The quantitative estimate of drug-likeness (QED) is 0.105. The highest BCUT2D eigenvalue weighted by molar-refractivity contribution is 7.85. The number of nitrogens with zero attached hydrogens (tertiary/aromatic N) is 1. The molecule has 0 bridgehead atoms. The van der Waals surface area contributed by atoms with Gasteiger partial charge < -0.3 is 37.8 Å². The van der Waals surface area contributed by atoms with Crippen molar-refractivity contribution >= 4 is 16.1 Å². The third-order valence-electron chi connectivity index (χ3n) is 8.45. The highest BCUT2D eigenvalue weighted by Crippen LogP contribution is 2.43. The summed E-state index contributed by atoms with van der Waals surface area (Å²) in [7, 11) is 4.56. The van der Waals surface area contributed by atoms with Crippen LogP contribution in [0.15, 0.2) is 65.6 Å². The van der Waals surface area contributed by atoms with Crippen LogP contribution in [0.4, 0.5) is 0 Å². The molecule has 0 radical (unpaired) electrons. The van der Waals surface area contributed by atoms with Crippen molar-refractivity contribution in [2.75, 3.05) is 61.8 Å². The van der Waals surface area contributed by atoms with Gasteiger partial charge >= 0.3 is 5.97 Å². The molecule has 0 amide bonds. The number of hydrogen-bond acceptors (Lipinski definition) is 10. The van der Waals surface area contributed by atoms with Crippen LogP contribution in [0.1, 0.15) is 48.4 Å². The van der Waals surface area contributed by atoms with Crippen LogP contribution in [0, 0.1) is 0 Å². The lowest BCUT2D eigenvalue weighted by atomic mass is 9.86. The van der Waals surface area contributed by atoms with E-state index in [1.807, 2.05) is 12.1 Å². The third kappa shape index (κ3) is 10.6. The number of rotatable bonds is 15. The molecule has 3 aromatic carbocycles. The predicted molar refractivity (Wildman–Crippen MR) is 176 cm³/mol. The highest BCUT2D eigenvalue weighted by Gasteiger charge is 2.40. The summed E-state index contributed by atoms with van der Waals surface area (Å²) < 4.78 is 59.2. The Labute approximate surface area is 278 Å². The van der Waals surface area contributed by atoms with Crippen molar-refractivity contribution in [3.05, 3.63) is 77.4 Å². The maximum atomic E-state index is 12.6. The molecule has 0 saturated carbocycles. The Kier molecular flexibility index (Phi) is 14.3. The number of esters is 1. The molecule has 0 unspecified atom stereocenters. The number of unbranched alkanes of at least 4 members (excludes halogenated alkanes) is 2. The van der Waals surface area contributed by atoms with E-state index in [1.54, 1.807) is 34.5 Å². The number of carbonyl (C=O) groups is 1. The lowest BCUT2D eigenvalue weighted by Gasteiger charge is -2.46. The van der Waals surface area contributed by atoms with Gasteiger partial charge in [-0.3, -0.25) is 4.79 Å². The molecule has 258 valence electrons. The number of hydrogen-bond donors (Lipinski definition) is 1. The van der Waals surface area contributed by atoms with Crippen LogP contribution in [0.5, 0.6) is 23.0 Å². The third-order valence-corrected chi connectivity index (χ3v) is 9.30. The summed E-state index contributed by atoms with van der Waals surface area (Å²) in [6.07, 6.45) is 4.35. The molecule has 1 N–H and O–H groups in total. The molecule has 1 heterocycles. The number of methoxy groups -OCH3 is 4. The minimum Gasteiger partial charge on any atom is -0.744 e. The first kappa shape index (κ1) is 37.6. The minimum atomic E-state index is -4.25. The molecular weight excluding hydrogens is 626 g/mol. The number of quaternary nitrogens is 1. The van der Waals surface area contributed by atoms with Crippen molar-refractivity contribution in [3.63, 3.8) is 0 Å². The summed E-state index contributed by atoms with van der Waals surface area (Å²) in [5, 5.41) is 8.91. The van der Waals surface area contributed by atoms with Crippen molar-refractivity contribution in [3.8, 4) is 23.0 Å². The first-order valence-corrected chi connectivity index (χ1v) is 17.0. The summed E-state index contributed by atoms with van der Waals surface area (Å²) in [6.45, 7) is 2.13. The summed E-state index contributed by atoms with van der Waals surface area (Å²) >= 11 is 0. The van der Waals surface area contributed by atoms with Gasteiger partial charge in [0.25, 0.3) is 0 Å². The number of benzene rings is 3. The van der Waals surface area contributed by atoms with Gasteiger partial charge in [0.2, 0.25) is 0 Å². The summed E-state index contributed by atoms with van der Waals surface area (Å²) in [4.78, 5) is 12.4. The fourth-order valence-electron chi connectivity index (χ4n) is 5.74. The predicted octanol–water partition coefficient (Wildman–Crippen LogP) is 4.69. The van der Waals surface area contributed by atoms with E-state index in [-0.39, 0.29) is 23.5 Å². The van der Waals surface area contributed by atoms with Gasteiger partial charge in [-0.05, 0) is 66.8 Å². The van der Waals surface area contributed by atoms with Crippen molar-refractivity contribution in [1.29, 1.82) is 0 Å². The van der Waals surface area contributed by atoms with Gasteiger partial charge in [0.1, 0.15) is 16.2 Å². The number of ether oxygens (including phenoxy) is 5. The average molecular weight is 674 g/mol. The normalized spacial score (nSPS) is 17.0. The van der Waals surface area contributed by atoms with E-state index >= 15 is 0 Å². The van der Waals surface area contributed by atoms with E-state index in [9.17, 15) is 17.8 Å². The zero-order chi connectivity index (χ0) is 34.5.